The molecule has 0 spiro atoms. The molecule has 0 saturated heterocycles. The Balaban J connectivity index is 2.21. The second-order valence-corrected chi connectivity index (χ2v) is 8.42. The molecule has 0 unspecified atom stereocenters. The smallest absolute Gasteiger partial charge is 0.348 e. The Hall–Kier alpha value is -3.09. The summed E-state index contributed by atoms with van der Waals surface area (Å²) in [5, 5.41) is 12.7. The third-order valence-electron chi connectivity index (χ3n) is 4.83. The zero-order valence-electron chi connectivity index (χ0n) is 17.9. The van der Waals surface area contributed by atoms with Gasteiger partial charge in [-0.3, -0.25) is 4.79 Å². The number of amides is 1. The van der Waals surface area contributed by atoms with Gasteiger partial charge in [0.25, 0.3) is 5.91 Å². The second-order valence-electron chi connectivity index (χ2n) is 6.93. The SMILES string of the molecule is CCOC(=O)c1sc(N)c(C#N)c1COC(=O)[C@@H](NC(=O)c1ccc(Cl)cc1)[C@@H](C)CC. The molecule has 8 nitrogen and oxygen atoms in total. The van der Waals surface area contributed by atoms with Gasteiger partial charge in [0, 0.05) is 16.1 Å². The van der Waals surface area contributed by atoms with Crippen molar-refractivity contribution < 1.29 is 23.9 Å². The molecular formula is C22H24ClN3O5S. The predicted octanol–water partition coefficient (Wildman–Crippen LogP) is 3.92. The number of halogens is 1. The first-order valence-electron chi connectivity index (χ1n) is 9.94. The van der Waals surface area contributed by atoms with Gasteiger partial charge in [-0.05, 0) is 37.1 Å². The van der Waals surface area contributed by atoms with Crippen LogP contribution in [0.3, 0.4) is 0 Å². The molecule has 2 aromatic rings. The average Bonchev–Trinajstić information content (AvgIpc) is 3.10. The summed E-state index contributed by atoms with van der Waals surface area (Å²) in [6.45, 7) is 5.13. The van der Waals surface area contributed by atoms with Crippen molar-refractivity contribution in [3.8, 4) is 6.07 Å². The van der Waals surface area contributed by atoms with Crippen molar-refractivity contribution in [2.45, 2.75) is 39.8 Å². The molecule has 1 heterocycles. The molecule has 0 bridgehead atoms. The number of hydrogen-bond donors (Lipinski definition) is 2. The Kier molecular flexibility index (Phi) is 9.05. The number of carbonyl (C=O) groups is 3. The molecule has 1 aromatic carbocycles. The van der Waals surface area contributed by atoms with Crippen LogP contribution in [0.15, 0.2) is 24.3 Å². The number of nitrogen functional groups attached to an aromatic ring is 1. The van der Waals surface area contributed by atoms with Crippen LogP contribution in [0.1, 0.15) is 58.3 Å². The topological polar surface area (TPSA) is 132 Å². The van der Waals surface area contributed by atoms with Crippen molar-refractivity contribution in [1.82, 2.24) is 5.32 Å². The molecule has 2 atom stereocenters. The Labute approximate surface area is 195 Å². The molecule has 1 aromatic heterocycles. The normalized spacial score (nSPS) is 12.3. The first kappa shape index (κ1) is 25.2. The summed E-state index contributed by atoms with van der Waals surface area (Å²) in [4.78, 5) is 37.8. The van der Waals surface area contributed by atoms with Crippen LogP contribution in [0, 0.1) is 17.2 Å². The number of rotatable bonds is 9. The number of esters is 2. The van der Waals surface area contributed by atoms with Gasteiger partial charge < -0.3 is 20.5 Å². The third kappa shape index (κ3) is 5.99. The lowest BCUT2D eigenvalue weighted by molar-refractivity contribution is -0.148. The van der Waals surface area contributed by atoms with E-state index in [9.17, 15) is 19.6 Å². The Bertz CT molecular complexity index is 1030. The van der Waals surface area contributed by atoms with E-state index in [2.05, 4.69) is 5.32 Å². The molecule has 0 fully saturated rings. The number of nitrogens with one attached hydrogen (secondary N) is 1. The highest BCUT2D eigenvalue weighted by Crippen LogP contribution is 2.32. The van der Waals surface area contributed by atoms with Crippen LogP contribution in [0.25, 0.3) is 0 Å². The maximum absolute atomic E-state index is 12.9. The van der Waals surface area contributed by atoms with E-state index in [-0.39, 0.29) is 40.1 Å². The fourth-order valence-electron chi connectivity index (χ4n) is 2.83. The van der Waals surface area contributed by atoms with E-state index in [1.165, 1.54) is 0 Å². The number of anilines is 1. The van der Waals surface area contributed by atoms with Crippen LogP contribution in [0.4, 0.5) is 5.00 Å². The van der Waals surface area contributed by atoms with Crippen LogP contribution < -0.4 is 11.1 Å². The molecule has 10 heteroatoms. The van der Waals surface area contributed by atoms with E-state index in [0.717, 1.165) is 11.3 Å². The van der Waals surface area contributed by atoms with Gasteiger partial charge >= 0.3 is 11.9 Å². The number of hydrogen-bond acceptors (Lipinski definition) is 8. The molecule has 0 radical (unpaired) electrons. The van der Waals surface area contributed by atoms with Crippen LogP contribution in [-0.2, 0) is 20.9 Å². The number of benzene rings is 1. The van der Waals surface area contributed by atoms with Gasteiger partial charge in [0.05, 0.1) is 12.2 Å². The van der Waals surface area contributed by atoms with Crippen molar-refractivity contribution in [3.63, 3.8) is 0 Å². The number of ether oxygens (including phenoxy) is 2. The minimum absolute atomic E-state index is 0.0659. The minimum Gasteiger partial charge on any atom is -0.462 e. The van der Waals surface area contributed by atoms with Crippen molar-refractivity contribution in [2.75, 3.05) is 12.3 Å². The molecule has 1 amide bonds. The summed E-state index contributed by atoms with van der Waals surface area (Å²) in [5.74, 6) is -2.02. The highest BCUT2D eigenvalue weighted by atomic mass is 35.5. The molecular weight excluding hydrogens is 454 g/mol. The monoisotopic (exact) mass is 477 g/mol. The maximum Gasteiger partial charge on any atom is 0.348 e. The number of nitrogens with two attached hydrogens (primary N) is 1. The summed E-state index contributed by atoms with van der Waals surface area (Å²) in [7, 11) is 0. The molecule has 0 saturated carbocycles. The summed E-state index contributed by atoms with van der Waals surface area (Å²) in [6, 6.07) is 7.26. The van der Waals surface area contributed by atoms with E-state index in [1.807, 2.05) is 13.0 Å². The molecule has 0 aliphatic heterocycles. The van der Waals surface area contributed by atoms with E-state index < -0.39 is 23.9 Å². The molecule has 3 N–H and O–H groups in total. The highest BCUT2D eigenvalue weighted by Gasteiger charge is 2.30. The lowest BCUT2D eigenvalue weighted by Gasteiger charge is -2.23. The highest BCUT2D eigenvalue weighted by molar-refractivity contribution is 7.18. The fraction of sp³-hybridized carbons (Fsp3) is 0.364. The minimum atomic E-state index is -0.935. The number of nitriles is 1. The fourth-order valence-corrected chi connectivity index (χ4v) is 3.88. The Morgan fingerprint density at radius 3 is 2.44 bits per heavy atom. The summed E-state index contributed by atoms with van der Waals surface area (Å²) in [6.07, 6.45) is 0.601. The summed E-state index contributed by atoms with van der Waals surface area (Å²) in [5.41, 5.74) is 6.44. The third-order valence-corrected chi connectivity index (χ3v) is 6.12. The van der Waals surface area contributed by atoms with Gasteiger partial charge in [0.2, 0.25) is 0 Å². The zero-order chi connectivity index (χ0) is 23.8. The molecule has 2 rings (SSSR count). The summed E-state index contributed by atoms with van der Waals surface area (Å²) >= 11 is 6.76. The van der Waals surface area contributed by atoms with E-state index in [4.69, 9.17) is 26.8 Å². The Morgan fingerprint density at radius 2 is 1.88 bits per heavy atom. The van der Waals surface area contributed by atoms with Crippen molar-refractivity contribution >= 4 is 45.8 Å². The lowest BCUT2D eigenvalue weighted by Crippen LogP contribution is -2.46. The number of nitrogens with zero attached hydrogens (tertiary/aromatic N) is 1. The lowest BCUT2D eigenvalue weighted by atomic mass is 9.98. The molecule has 170 valence electrons. The zero-order valence-corrected chi connectivity index (χ0v) is 19.5. The molecule has 32 heavy (non-hydrogen) atoms. The largest absolute Gasteiger partial charge is 0.462 e. The standard InChI is InChI=1S/C22H24ClN3O5S/c1-4-12(3)17(26-20(27)13-6-8-14(23)9-7-13)21(28)31-11-16-15(10-24)19(25)32-18(16)22(29)30-5-2/h6-9,12,17H,4-5,11,25H2,1-3H3,(H,26,27)/t12-,17-/m0/s1. The van der Waals surface area contributed by atoms with Gasteiger partial charge in [-0.2, -0.15) is 5.26 Å². The predicted molar refractivity (Wildman–Crippen MR) is 121 cm³/mol. The van der Waals surface area contributed by atoms with E-state index >= 15 is 0 Å². The summed E-state index contributed by atoms with van der Waals surface area (Å²) < 4.78 is 10.4. The molecule has 0 aliphatic carbocycles. The van der Waals surface area contributed by atoms with Gasteiger partial charge in [0.15, 0.2) is 0 Å². The van der Waals surface area contributed by atoms with Gasteiger partial charge in [0.1, 0.15) is 28.6 Å². The van der Waals surface area contributed by atoms with Crippen LogP contribution in [0.5, 0.6) is 0 Å². The Morgan fingerprint density at radius 1 is 1.22 bits per heavy atom. The van der Waals surface area contributed by atoms with Crippen LogP contribution in [-0.4, -0.2) is 30.5 Å². The average molecular weight is 478 g/mol. The van der Waals surface area contributed by atoms with Gasteiger partial charge in [-0.1, -0.05) is 31.9 Å². The first-order valence-corrected chi connectivity index (χ1v) is 11.1. The number of carbonyl (C=O) groups excluding carboxylic acids is 3. The maximum atomic E-state index is 12.9. The van der Waals surface area contributed by atoms with Gasteiger partial charge in [-0.15, -0.1) is 11.3 Å². The second kappa shape index (κ2) is 11.5. The van der Waals surface area contributed by atoms with Crippen molar-refractivity contribution in [2.24, 2.45) is 5.92 Å². The van der Waals surface area contributed by atoms with Gasteiger partial charge in [-0.25, -0.2) is 9.59 Å². The quantitative estimate of drug-likeness (QED) is 0.523. The number of thiophene rings is 1. The first-order chi connectivity index (χ1) is 15.2. The van der Waals surface area contributed by atoms with Crippen LogP contribution in [0.2, 0.25) is 5.02 Å². The van der Waals surface area contributed by atoms with E-state index in [0.29, 0.717) is 17.0 Å². The molecule has 0 aliphatic rings. The van der Waals surface area contributed by atoms with E-state index in [1.54, 1.807) is 38.1 Å². The van der Waals surface area contributed by atoms with Crippen molar-refractivity contribution in [1.29, 1.82) is 5.26 Å². The van der Waals surface area contributed by atoms with Crippen molar-refractivity contribution in [3.05, 3.63) is 50.9 Å². The van der Waals surface area contributed by atoms with Crippen LogP contribution >= 0.6 is 22.9 Å².